The van der Waals surface area contributed by atoms with Gasteiger partial charge >= 0.3 is 5.97 Å². The summed E-state index contributed by atoms with van der Waals surface area (Å²) in [5.74, 6) is -9.61. The zero-order chi connectivity index (χ0) is 56.0. The second kappa shape index (κ2) is 29.8. The Balaban J connectivity index is 1.58. The van der Waals surface area contributed by atoms with Crippen LogP contribution in [0.15, 0.2) is 90.3 Å². The van der Waals surface area contributed by atoms with Crippen LogP contribution in [0.25, 0.3) is 10.8 Å². The number of benzene rings is 3. The summed E-state index contributed by atoms with van der Waals surface area (Å²) in [4.78, 5) is 148. The highest BCUT2D eigenvalue weighted by molar-refractivity contribution is 8.76. The predicted octanol–water partition coefficient (Wildman–Crippen LogP) is -1.69. The Morgan fingerprint density at radius 3 is 1.82 bits per heavy atom. The third-order valence-corrected chi connectivity index (χ3v) is 14.4. The van der Waals surface area contributed by atoms with Crippen molar-refractivity contribution in [2.24, 2.45) is 22.2 Å². The molecule has 0 spiro atoms. The van der Waals surface area contributed by atoms with E-state index in [0.29, 0.717) is 16.8 Å². The number of hydrogen-bond donors (Lipinski definition) is 13. The number of aromatic amines is 1. The minimum Gasteiger partial charge on any atom is -0.481 e. The number of primary amides is 1. The molecule has 1 aromatic heterocycles. The first-order valence-electron chi connectivity index (χ1n) is 24.5. The maximum Gasteiger partial charge on any atom is 0.303 e. The second-order valence-corrected chi connectivity index (χ2v) is 20.6. The summed E-state index contributed by atoms with van der Waals surface area (Å²) in [5, 5.41) is 32.3. The number of aliphatic carboxylic acids is 1. The molecular formula is C50H64N14O11S2. The number of imidazole rings is 1. The summed E-state index contributed by atoms with van der Waals surface area (Å²) in [7, 11) is 1.99. The number of hydrogen-bond acceptors (Lipinski definition) is 14. The Hall–Kier alpha value is -8.20. The molecule has 9 amide bonds. The minimum atomic E-state index is -1.59. The summed E-state index contributed by atoms with van der Waals surface area (Å²) in [5.41, 5.74) is 18.4. The Labute approximate surface area is 450 Å². The molecule has 5 rings (SSSR count). The molecule has 0 bridgehead atoms. The fourth-order valence-electron chi connectivity index (χ4n) is 7.90. The van der Waals surface area contributed by atoms with Gasteiger partial charge in [-0.05, 0) is 48.1 Å². The van der Waals surface area contributed by atoms with E-state index < -0.39 is 120 Å². The molecule has 2 heterocycles. The van der Waals surface area contributed by atoms with E-state index in [1.807, 2.05) is 36.4 Å². The fraction of sp³-hybridized carbons (Fsp3) is 0.400. The van der Waals surface area contributed by atoms with Crippen molar-refractivity contribution in [1.29, 1.82) is 0 Å². The zero-order valence-corrected chi connectivity index (χ0v) is 43.9. The van der Waals surface area contributed by atoms with E-state index >= 15 is 0 Å². The normalized spacial score (nSPS) is 22.9. The molecule has 412 valence electrons. The standard InChI is InChI=1S/C50H64N14O11S2/c1-27-43(69)64-39(42(51)68)24-76-77-25-40(58-28(2)65)49(75)60-35(16-17-41(66)67)45(71)63-38(22-33-23-54-26-56-33)48(74)62-36(20-29-9-4-3-5-10-29)47(73)59-34(13-8-18-55-50(52)53)44(70)61-37(46(72)57-27)21-30-14-15-31-11-6-7-12-32(31)19-30/h3-7,9-12,14-15,19,23,26-27,34-40H,8,13,16-18,20-22,24-25H2,1-2H3,(H2,51,68)(H,54,56)(H,57,72)(H,58,65)(H,59,73)(H,60,75)(H,61,70)(H,62,74)(H,63,71)(H,64,69)(H,66,67)(H4,52,53,55)/t27-,34-,35-,36+,37-,38-,39-,40-/m0/s1. The number of carboxylic acid groups (broad SMARTS) is 1. The van der Waals surface area contributed by atoms with E-state index in [1.54, 1.807) is 36.4 Å². The van der Waals surface area contributed by atoms with Gasteiger partial charge in [-0.3, -0.25) is 52.9 Å². The van der Waals surface area contributed by atoms with Gasteiger partial charge in [0, 0.05) is 62.5 Å². The highest BCUT2D eigenvalue weighted by atomic mass is 33.1. The molecule has 25 nitrogen and oxygen atoms in total. The number of aliphatic imine (C=N–C) groups is 1. The number of nitrogens with two attached hydrogens (primary N) is 3. The van der Waals surface area contributed by atoms with Crippen molar-refractivity contribution in [1.82, 2.24) is 52.5 Å². The lowest BCUT2D eigenvalue weighted by Crippen LogP contribution is -2.61. The molecule has 16 N–H and O–H groups in total. The van der Waals surface area contributed by atoms with Crippen LogP contribution in [0.1, 0.15) is 56.4 Å². The third kappa shape index (κ3) is 19.8. The summed E-state index contributed by atoms with van der Waals surface area (Å²) in [6.07, 6.45) is 1.18. The lowest BCUT2D eigenvalue weighted by molar-refractivity contribution is -0.138. The Morgan fingerprint density at radius 1 is 0.649 bits per heavy atom. The molecule has 0 radical (unpaired) electrons. The van der Waals surface area contributed by atoms with E-state index in [-0.39, 0.29) is 56.1 Å². The molecule has 1 fully saturated rings. The van der Waals surface area contributed by atoms with Crippen molar-refractivity contribution < 1.29 is 53.1 Å². The first-order chi connectivity index (χ1) is 36.8. The number of rotatable bonds is 15. The van der Waals surface area contributed by atoms with Crippen LogP contribution in [0.5, 0.6) is 0 Å². The van der Waals surface area contributed by atoms with Crippen LogP contribution in [0.3, 0.4) is 0 Å². The number of H-pyrrole nitrogens is 1. The van der Waals surface area contributed by atoms with Gasteiger partial charge in [0.05, 0.1) is 6.33 Å². The van der Waals surface area contributed by atoms with Crippen molar-refractivity contribution in [2.75, 3.05) is 18.1 Å². The van der Waals surface area contributed by atoms with Gasteiger partial charge in [0.1, 0.15) is 48.3 Å². The lowest BCUT2D eigenvalue weighted by Gasteiger charge is -2.28. The molecule has 1 aliphatic rings. The molecule has 0 unspecified atom stereocenters. The molecular weight excluding hydrogens is 1040 g/mol. The first kappa shape index (κ1) is 59.7. The van der Waals surface area contributed by atoms with Crippen molar-refractivity contribution in [3.63, 3.8) is 0 Å². The second-order valence-electron chi connectivity index (χ2n) is 18.1. The molecule has 77 heavy (non-hydrogen) atoms. The fourth-order valence-corrected chi connectivity index (χ4v) is 10.2. The Morgan fingerprint density at radius 2 is 1.21 bits per heavy atom. The summed E-state index contributed by atoms with van der Waals surface area (Å²) < 4.78 is 0. The molecule has 0 aliphatic carbocycles. The monoisotopic (exact) mass is 1100 g/mol. The van der Waals surface area contributed by atoms with E-state index in [4.69, 9.17) is 17.2 Å². The molecule has 1 saturated heterocycles. The summed E-state index contributed by atoms with van der Waals surface area (Å²) in [6.45, 7) is 2.53. The van der Waals surface area contributed by atoms with Crippen LogP contribution in [-0.2, 0) is 67.2 Å². The van der Waals surface area contributed by atoms with Crippen LogP contribution >= 0.6 is 21.6 Å². The highest BCUT2D eigenvalue weighted by Crippen LogP contribution is 2.24. The molecule has 27 heteroatoms. The van der Waals surface area contributed by atoms with Gasteiger partial charge in [-0.15, -0.1) is 0 Å². The van der Waals surface area contributed by atoms with Gasteiger partial charge < -0.3 is 69.8 Å². The van der Waals surface area contributed by atoms with Crippen LogP contribution in [0, 0.1) is 0 Å². The summed E-state index contributed by atoms with van der Waals surface area (Å²) in [6, 6.07) is 10.2. The number of guanidine groups is 1. The minimum absolute atomic E-state index is 0.0279. The zero-order valence-electron chi connectivity index (χ0n) is 42.2. The lowest BCUT2D eigenvalue weighted by atomic mass is 10.00. The van der Waals surface area contributed by atoms with Crippen molar-refractivity contribution in [3.05, 3.63) is 102 Å². The molecule has 3 aromatic carbocycles. The number of aromatic nitrogens is 2. The van der Waals surface area contributed by atoms with Gasteiger partial charge in [-0.25, -0.2) is 4.98 Å². The number of carboxylic acids is 1. The van der Waals surface area contributed by atoms with Gasteiger partial charge in [0.25, 0.3) is 0 Å². The van der Waals surface area contributed by atoms with Gasteiger partial charge in [-0.1, -0.05) is 94.4 Å². The smallest absolute Gasteiger partial charge is 0.303 e. The first-order valence-corrected chi connectivity index (χ1v) is 26.9. The largest absolute Gasteiger partial charge is 0.481 e. The quantitative estimate of drug-likeness (QED) is 0.0273. The molecule has 8 atom stereocenters. The summed E-state index contributed by atoms with van der Waals surface area (Å²) >= 11 is 0. The average molecular weight is 1100 g/mol. The SMILES string of the molecule is CC(=O)N[C@H]1CSSC[C@@H](C(N)=O)NC(=O)[C@H](C)NC(=O)[C@H](Cc2ccc3ccccc3c2)NC(=O)[C@H](CCCN=C(N)N)NC(=O)[C@@H](Cc2ccccc2)NC(=O)[C@H](Cc2cnc[nH]2)NC(=O)[C@H](CCC(=O)O)NC1=O. The number of fused-ring (bicyclic) bond motifs is 1. The van der Waals surface area contributed by atoms with E-state index in [0.717, 1.165) is 39.3 Å². The van der Waals surface area contributed by atoms with Gasteiger partial charge in [-0.2, -0.15) is 0 Å². The van der Waals surface area contributed by atoms with E-state index in [2.05, 4.69) is 57.5 Å². The van der Waals surface area contributed by atoms with Crippen LogP contribution < -0.4 is 59.7 Å². The average Bonchev–Trinajstić information content (AvgIpc) is 3.91. The number of nitrogens with one attached hydrogen (secondary N) is 9. The maximum absolute atomic E-state index is 14.7. The van der Waals surface area contributed by atoms with Crippen LogP contribution in [0.4, 0.5) is 0 Å². The highest BCUT2D eigenvalue weighted by Gasteiger charge is 2.35. The Bertz CT molecular complexity index is 2770. The molecule has 1 aliphatic heterocycles. The topological polar surface area (TPSA) is 406 Å². The number of amides is 9. The van der Waals surface area contributed by atoms with Crippen molar-refractivity contribution in [3.8, 4) is 0 Å². The van der Waals surface area contributed by atoms with Crippen LogP contribution in [-0.4, -0.2) is 147 Å². The van der Waals surface area contributed by atoms with E-state index in [9.17, 15) is 53.1 Å². The van der Waals surface area contributed by atoms with Crippen LogP contribution in [0.2, 0.25) is 0 Å². The molecule has 4 aromatic rings. The molecule has 0 saturated carbocycles. The van der Waals surface area contributed by atoms with Gasteiger partial charge in [0.15, 0.2) is 5.96 Å². The number of carbonyl (C=O) groups excluding carboxylic acids is 9. The predicted molar refractivity (Wildman–Crippen MR) is 288 cm³/mol. The van der Waals surface area contributed by atoms with Crippen molar-refractivity contribution in [2.45, 2.75) is 107 Å². The van der Waals surface area contributed by atoms with Crippen molar-refractivity contribution >= 4 is 97.5 Å². The Kier molecular flexibility index (Phi) is 23.1. The maximum atomic E-state index is 14.7. The third-order valence-electron chi connectivity index (χ3n) is 11.9. The number of nitrogens with zero attached hydrogens (tertiary/aromatic N) is 2. The van der Waals surface area contributed by atoms with E-state index in [1.165, 1.54) is 19.4 Å². The van der Waals surface area contributed by atoms with Gasteiger partial charge in [0.2, 0.25) is 53.2 Å². The number of carbonyl (C=O) groups is 10.